The van der Waals surface area contributed by atoms with E-state index in [9.17, 15) is 4.79 Å². The van der Waals surface area contributed by atoms with Crippen molar-refractivity contribution in [3.05, 3.63) is 27.8 Å². The second-order valence-corrected chi connectivity index (χ2v) is 9.94. The number of carbonyl (C=O) groups is 1. The van der Waals surface area contributed by atoms with Gasteiger partial charge in [-0.3, -0.25) is 9.69 Å². The molecule has 1 fully saturated rings. The molecule has 1 N–H and O–H groups in total. The zero-order chi connectivity index (χ0) is 20.4. The fraction of sp³-hybridized carbons (Fsp3) is 0.667. The van der Waals surface area contributed by atoms with E-state index in [1.54, 1.807) is 17.5 Å². The second-order valence-electron chi connectivity index (χ2n) is 8.68. The van der Waals surface area contributed by atoms with Crippen LogP contribution in [0, 0.1) is 6.92 Å². The van der Waals surface area contributed by atoms with E-state index in [0.717, 1.165) is 62.9 Å². The van der Waals surface area contributed by atoms with Gasteiger partial charge in [-0.2, -0.15) is 5.10 Å². The molecule has 1 unspecified atom stereocenters. The molecule has 8 heteroatoms. The van der Waals surface area contributed by atoms with Gasteiger partial charge in [0, 0.05) is 30.6 Å². The van der Waals surface area contributed by atoms with Crippen LogP contribution >= 0.6 is 11.3 Å². The molecule has 4 heterocycles. The van der Waals surface area contributed by atoms with Gasteiger partial charge >= 0.3 is 0 Å². The van der Waals surface area contributed by atoms with Gasteiger partial charge in [0.05, 0.1) is 36.6 Å². The molecule has 7 nitrogen and oxygen atoms in total. The average Bonchev–Trinajstić information content (AvgIpc) is 3.32. The van der Waals surface area contributed by atoms with Gasteiger partial charge in [-0.05, 0) is 46.6 Å². The molecular formula is C21H31N5O2S. The highest BCUT2D eigenvalue weighted by atomic mass is 32.1. The number of ketones is 1. The number of ether oxygens (including phenoxy) is 1. The molecular weight excluding hydrogens is 386 g/mol. The zero-order valence-electron chi connectivity index (χ0n) is 17.6. The first-order valence-corrected chi connectivity index (χ1v) is 11.4. The van der Waals surface area contributed by atoms with E-state index in [0.29, 0.717) is 12.0 Å². The Balaban J connectivity index is 1.40. The van der Waals surface area contributed by atoms with Crippen LogP contribution in [0.3, 0.4) is 0 Å². The van der Waals surface area contributed by atoms with E-state index in [1.807, 2.05) is 10.9 Å². The van der Waals surface area contributed by atoms with E-state index in [1.165, 1.54) is 4.88 Å². The van der Waals surface area contributed by atoms with Crippen molar-refractivity contribution in [1.82, 2.24) is 19.7 Å². The zero-order valence-corrected chi connectivity index (χ0v) is 18.4. The minimum Gasteiger partial charge on any atom is -0.379 e. The molecule has 1 saturated heterocycles. The molecule has 2 aromatic heterocycles. The number of aryl methyl sites for hydroxylation is 1. The maximum atomic E-state index is 12.9. The van der Waals surface area contributed by atoms with Gasteiger partial charge < -0.3 is 10.1 Å². The van der Waals surface area contributed by atoms with Crippen molar-refractivity contribution in [2.24, 2.45) is 0 Å². The summed E-state index contributed by atoms with van der Waals surface area (Å²) in [5.74, 6) is 1.02. The number of unbranched alkanes of at least 4 members (excludes halogenated alkanes) is 1. The number of aromatic nitrogens is 3. The van der Waals surface area contributed by atoms with Crippen LogP contribution in [0.4, 0.5) is 5.82 Å². The summed E-state index contributed by atoms with van der Waals surface area (Å²) in [5, 5.41) is 9.19. The Morgan fingerprint density at radius 3 is 2.83 bits per heavy atom. The molecule has 2 aromatic rings. The Morgan fingerprint density at radius 2 is 2.10 bits per heavy atom. The molecule has 0 bridgehead atoms. The lowest BCUT2D eigenvalue weighted by molar-refractivity contribution is 0.0371. The Morgan fingerprint density at radius 1 is 1.31 bits per heavy atom. The monoisotopic (exact) mass is 417 g/mol. The van der Waals surface area contributed by atoms with Crippen molar-refractivity contribution in [3.63, 3.8) is 0 Å². The van der Waals surface area contributed by atoms with Crippen LogP contribution in [0.25, 0.3) is 0 Å². The number of hydrogen-bond acceptors (Lipinski definition) is 7. The third-order valence-corrected chi connectivity index (χ3v) is 6.85. The van der Waals surface area contributed by atoms with Gasteiger partial charge in [-0.25, -0.2) is 9.67 Å². The lowest BCUT2D eigenvalue weighted by atomic mass is 9.92. The molecule has 0 radical (unpaired) electrons. The molecule has 158 valence electrons. The minimum absolute atomic E-state index is 0.112. The van der Waals surface area contributed by atoms with Crippen molar-refractivity contribution >= 4 is 22.9 Å². The summed E-state index contributed by atoms with van der Waals surface area (Å²) in [6.45, 7) is 11.1. The van der Waals surface area contributed by atoms with Crippen LogP contribution in [-0.2, 0) is 10.3 Å². The average molecular weight is 418 g/mol. The van der Waals surface area contributed by atoms with Gasteiger partial charge in [-0.1, -0.05) is 0 Å². The fourth-order valence-electron chi connectivity index (χ4n) is 4.22. The molecule has 0 spiro atoms. The molecule has 4 rings (SSSR count). The SMILES string of the molecule is Cc1cnc(C2CC(C)(C)n3ncc(C(=O)CCCCN4CCOCC4)c3N2)s1. The second kappa shape index (κ2) is 8.53. The van der Waals surface area contributed by atoms with E-state index in [2.05, 4.69) is 41.1 Å². The summed E-state index contributed by atoms with van der Waals surface area (Å²) in [4.78, 5) is 21.1. The number of rotatable bonds is 7. The number of fused-ring (bicyclic) bond motifs is 1. The lowest BCUT2D eigenvalue weighted by Crippen LogP contribution is -2.38. The molecule has 0 amide bonds. The summed E-state index contributed by atoms with van der Waals surface area (Å²) >= 11 is 1.72. The minimum atomic E-state index is -0.167. The third-order valence-electron chi connectivity index (χ3n) is 5.83. The number of nitrogens with zero attached hydrogens (tertiary/aromatic N) is 4. The number of hydrogen-bond donors (Lipinski definition) is 1. The predicted octanol–water partition coefficient (Wildman–Crippen LogP) is 3.63. The van der Waals surface area contributed by atoms with Gasteiger partial charge in [0.2, 0.25) is 0 Å². The molecule has 0 aromatic carbocycles. The van der Waals surface area contributed by atoms with Crippen molar-refractivity contribution in [3.8, 4) is 0 Å². The summed E-state index contributed by atoms with van der Waals surface area (Å²) in [5.41, 5.74) is 0.544. The van der Waals surface area contributed by atoms with Gasteiger partial charge in [-0.15, -0.1) is 11.3 Å². The topological polar surface area (TPSA) is 72.3 Å². The fourth-order valence-corrected chi connectivity index (χ4v) is 5.04. The third kappa shape index (κ3) is 4.54. The molecule has 1 atom stereocenters. The number of anilines is 1. The van der Waals surface area contributed by atoms with Gasteiger partial charge in [0.15, 0.2) is 5.78 Å². The summed E-state index contributed by atoms with van der Waals surface area (Å²) < 4.78 is 7.37. The molecule has 0 saturated carbocycles. The molecule has 29 heavy (non-hydrogen) atoms. The Kier molecular flexibility index (Phi) is 6.03. The summed E-state index contributed by atoms with van der Waals surface area (Å²) in [6, 6.07) is 0.112. The summed E-state index contributed by atoms with van der Waals surface area (Å²) in [7, 11) is 0. The van der Waals surface area contributed by atoms with Crippen LogP contribution in [0.2, 0.25) is 0 Å². The molecule has 2 aliphatic rings. The van der Waals surface area contributed by atoms with Crippen LogP contribution in [0.5, 0.6) is 0 Å². The first kappa shape index (κ1) is 20.5. The van der Waals surface area contributed by atoms with E-state index < -0.39 is 0 Å². The number of thiazole rings is 1. The highest BCUT2D eigenvalue weighted by Crippen LogP contribution is 2.41. The normalized spacial score (nSPS) is 21.6. The van der Waals surface area contributed by atoms with Crippen molar-refractivity contribution in [2.75, 3.05) is 38.2 Å². The quantitative estimate of drug-likeness (QED) is 0.548. The standard InChI is InChI=1S/C21H31N5O2S/c1-15-13-22-20(29-15)17-12-21(2,3)26-19(24-17)16(14-23-26)18(27)6-4-5-7-25-8-10-28-11-9-25/h13-14,17,24H,4-12H2,1-3H3. The smallest absolute Gasteiger partial charge is 0.168 e. The van der Waals surface area contributed by atoms with Crippen molar-refractivity contribution < 1.29 is 9.53 Å². The highest BCUT2D eigenvalue weighted by molar-refractivity contribution is 7.11. The maximum absolute atomic E-state index is 12.9. The Bertz CT molecular complexity index is 853. The Hall–Kier alpha value is -1.77. The number of Topliss-reactive ketones (excluding diaryl/α,β-unsaturated/α-hetero) is 1. The maximum Gasteiger partial charge on any atom is 0.168 e. The molecule has 2 aliphatic heterocycles. The van der Waals surface area contributed by atoms with Crippen LogP contribution in [0.1, 0.15) is 65.8 Å². The van der Waals surface area contributed by atoms with E-state index in [-0.39, 0.29) is 17.4 Å². The van der Waals surface area contributed by atoms with Crippen LogP contribution in [0.15, 0.2) is 12.4 Å². The molecule has 0 aliphatic carbocycles. The Labute approximate surface area is 176 Å². The summed E-state index contributed by atoms with van der Waals surface area (Å²) in [6.07, 6.45) is 7.05. The largest absolute Gasteiger partial charge is 0.379 e. The van der Waals surface area contributed by atoms with E-state index >= 15 is 0 Å². The highest BCUT2D eigenvalue weighted by Gasteiger charge is 2.37. The lowest BCUT2D eigenvalue weighted by Gasteiger charge is -2.37. The van der Waals surface area contributed by atoms with Crippen molar-refractivity contribution in [1.29, 1.82) is 0 Å². The number of carbonyl (C=O) groups excluding carboxylic acids is 1. The first-order valence-electron chi connectivity index (χ1n) is 10.5. The number of nitrogens with one attached hydrogen (secondary N) is 1. The van der Waals surface area contributed by atoms with Crippen LogP contribution < -0.4 is 5.32 Å². The van der Waals surface area contributed by atoms with E-state index in [4.69, 9.17) is 4.74 Å². The van der Waals surface area contributed by atoms with Gasteiger partial charge in [0.25, 0.3) is 0 Å². The first-order chi connectivity index (χ1) is 13.9. The number of morpholine rings is 1. The predicted molar refractivity (Wildman–Crippen MR) is 115 cm³/mol. The van der Waals surface area contributed by atoms with Gasteiger partial charge in [0.1, 0.15) is 10.8 Å². The van der Waals surface area contributed by atoms with Crippen LogP contribution in [-0.4, -0.2) is 58.3 Å². The van der Waals surface area contributed by atoms with Crippen molar-refractivity contribution in [2.45, 2.75) is 58.0 Å².